The van der Waals surface area contributed by atoms with Crippen molar-refractivity contribution in [2.45, 2.75) is 24.8 Å². The van der Waals surface area contributed by atoms with E-state index < -0.39 is 23.9 Å². The number of nitrogens with one attached hydrogen (secondary N) is 1. The van der Waals surface area contributed by atoms with Crippen LogP contribution in [0.5, 0.6) is 5.75 Å². The van der Waals surface area contributed by atoms with Crippen molar-refractivity contribution in [2.24, 2.45) is 0 Å². The first-order chi connectivity index (χ1) is 12.4. The van der Waals surface area contributed by atoms with Crippen molar-refractivity contribution in [3.63, 3.8) is 0 Å². The van der Waals surface area contributed by atoms with Gasteiger partial charge in [0.05, 0.1) is 0 Å². The van der Waals surface area contributed by atoms with Crippen molar-refractivity contribution in [3.8, 4) is 5.75 Å². The zero-order chi connectivity index (χ0) is 19.1. The summed E-state index contributed by atoms with van der Waals surface area (Å²) in [4.78, 5) is 36.0. The number of carboxylic acids is 1. The molecule has 0 spiro atoms. The van der Waals surface area contributed by atoms with Crippen molar-refractivity contribution in [1.29, 1.82) is 0 Å². The first kappa shape index (κ1) is 19.5. The number of aliphatic carboxylic acids is 1. The zero-order valence-electron chi connectivity index (χ0n) is 14.4. The van der Waals surface area contributed by atoms with Crippen LogP contribution >= 0.6 is 11.8 Å². The van der Waals surface area contributed by atoms with Gasteiger partial charge in [-0.3, -0.25) is 9.59 Å². The van der Waals surface area contributed by atoms with E-state index in [4.69, 9.17) is 4.74 Å². The van der Waals surface area contributed by atoms with Gasteiger partial charge in [0, 0.05) is 28.7 Å². The summed E-state index contributed by atoms with van der Waals surface area (Å²) in [6, 6.07) is 13.0. The van der Waals surface area contributed by atoms with Gasteiger partial charge in [-0.1, -0.05) is 24.3 Å². The number of carboxylic acid groups (broad SMARTS) is 1. The SMILES string of the molecule is CC(=O)Oc1cccc(C(=O)N[C@@H](CSc2ccccc2)C(=O)O)c1C. The van der Waals surface area contributed by atoms with Crippen LogP contribution in [0.4, 0.5) is 0 Å². The summed E-state index contributed by atoms with van der Waals surface area (Å²) < 4.78 is 5.05. The molecule has 2 N–H and O–H groups in total. The topological polar surface area (TPSA) is 92.7 Å². The Morgan fingerprint density at radius 1 is 1.12 bits per heavy atom. The van der Waals surface area contributed by atoms with Gasteiger partial charge in [-0.25, -0.2) is 4.79 Å². The maximum Gasteiger partial charge on any atom is 0.327 e. The summed E-state index contributed by atoms with van der Waals surface area (Å²) >= 11 is 1.34. The van der Waals surface area contributed by atoms with Crippen LogP contribution in [0.1, 0.15) is 22.8 Å². The third-order valence-corrected chi connectivity index (χ3v) is 4.65. The molecule has 0 aliphatic rings. The number of hydrogen-bond acceptors (Lipinski definition) is 5. The average Bonchev–Trinajstić information content (AvgIpc) is 2.60. The first-order valence-electron chi connectivity index (χ1n) is 7.88. The highest BCUT2D eigenvalue weighted by molar-refractivity contribution is 7.99. The fraction of sp³-hybridized carbons (Fsp3) is 0.211. The fourth-order valence-electron chi connectivity index (χ4n) is 2.23. The second-order valence-corrected chi connectivity index (χ2v) is 6.60. The molecule has 0 radical (unpaired) electrons. The average molecular weight is 373 g/mol. The van der Waals surface area contributed by atoms with Gasteiger partial charge in [0.15, 0.2) is 0 Å². The van der Waals surface area contributed by atoms with Crippen LogP contribution < -0.4 is 10.1 Å². The number of thioether (sulfide) groups is 1. The predicted molar refractivity (Wildman–Crippen MR) is 98.5 cm³/mol. The molecule has 26 heavy (non-hydrogen) atoms. The monoisotopic (exact) mass is 373 g/mol. The maximum atomic E-state index is 12.5. The molecule has 2 rings (SSSR count). The molecule has 0 aliphatic heterocycles. The van der Waals surface area contributed by atoms with Gasteiger partial charge < -0.3 is 15.2 Å². The highest BCUT2D eigenvalue weighted by atomic mass is 32.2. The minimum atomic E-state index is -1.12. The lowest BCUT2D eigenvalue weighted by molar-refractivity contribution is -0.138. The molecule has 7 heteroatoms. The van der Waals surface area contributed by atoms with Crippen molar-refractivity contribution < 1.29 is 24.2 Å². The molecular formula is C19H19NO5S. The van der Waals surface area contributed by atoms with Gasteiger partial charge in [-0.15, -0.1) is 11.8 Å². The number of rotatable bonds is 7. The Kier molecular flexibility index (Phi) is 6.80. The third-order valence-electron chi connectivity index (χ3n) is 3.55. The Bertz CT molecular complexity index is 807. The van der Waals surface area contributed by atoms with Crippen LogP contribution in [0.15, 0.2) is 53.4 Å². The summed E-state index contributed by atoms with van der Waals surface area (Å²) in [5.74, 6) is -1.68. The van der Waals surface area contributed by atoms with Crippen molar-refractivity contribution >= 4 is 29.6 Å². The van der Waals surface area contributed by atoms with Crippen molar-refractivity contribution in [2.75, 3.05) is 5.75 Å². The molecule has 0 aromatic heterocycles. The number of esters is 1. The van der Waals surface area contributed by atoms with Crippen LogP contribution in [0.3, 0.4) is 0 Å². The van der Waals surface area contributed by atoms with E-state index in [1.807, 2.05) is 30.3 Å². The molecule has 0 saturated carbocycles. The van der Waals surface area contributed by atoms with Crippen molar-refractivity contribution in [1.82, 2.24) is 5.32 Å². The lowest BCUT2D eigenvalue weighted by atomic mass is 10.1. The minimum absolute atomic E-state index is 0.188. The smallest absolute Gasteiger partial charge is 0.327 e. The van der Waals surface area contributed by atoms with E-state index in [1.54, 1.807) is 25.1 Å². The Morgan fingerprint density at radius 2 is 1.81 bits per heavy atom. The molecule has 0 heterocycles. The molecule has 6 nitrogen and oxygen atoms in total. The second kappa shape index (κ2) is 9.05. The quantitative estimate of drug-likeness (QED) is 0.440. The zero-order valence-corrected chi connectivity index (χ0v) is 15.2. The second-order valence-electron chi connectivity index (χ2n) is 5.51. The molecule has 136 valence electrons. The van der Waals surface area contributed by atoms with E-state index in [9.17, 15) is 19.5 Å². The first-order valence-corrected chi connectivity index (χ1v) is 8.86. The third kappa shape index (κ3) is 5.35. The highest BCUT2D eigenvalue weighted by Crippen LogP contribution is 2.22. The van der Waals surface area contributed by atoms with E-state index in [-0.39, 0.29) is 17.1 Å². The van der Waals surface area contributed by atoms with Crippen molar-refractivity contribution in [3.05, 3.63) is 59.7 Å². The van der Waals surface area contributed by atoms with Gasteiger partial charge in [-0.2, -0.15) is 0 Å². The number of hydrogen-bond donors (Lipinski definition) is 2. The number of benzene rings is 2. The summed E-state index contributed by atoms with van der Waals surface area (Å²) in [5, 5.41) is 11.9. The highest BCUT2D eigenvalue weighted by Gasteiger charge is 2.22. The number of amides is 1. The van der Waals surface area contributed by atoms with Gasteiger partial charge in [0.1, 0.15) is 11.8 Å². The molecular weight excluding hydrogens is 354 g/mol. The van der Waals surface area contributed by atoms with E-state index >= 15 is 0 Å². The molecule has 0 bridgehead atoms. The Morgan fingerprint density at radius 3 is 2.42 bits per heavy atom. The summed E-state index contributed by atoms with van der Waals surface area (Å²) in [6.45, 7) is 2.91. The molecule has 0 fully saturated rings. The molecule has 0 saturated heterocycles. The van der Waals surface area contributed by atoms with Crippen LogP contribution in [-0.2, 0) is 9.59 Å². The molecule has 0 aliphatic carbocycles. The maximum absolute atomic E-state index is 12.5. The van der Waals surface area contributed by atoms with Crippen LogP contribution in [0.2, 0.25) is 0 Å². The van der Waals surface area contributed by atoms with Crippen LogP contribution in [0, 0.1) is 6.92 Å². The van der Waals surface area contributed by atoms with Gasteiger partial charge in [0.25, 0.3) is 5.91 Å². The lowest BCUT2D eigenvalue weighted by Crippen LogP contribution is -2.42. The van der Waals surface area contributed by atoms with E-state index in [2.05, 4.69) is 5.32 Å². The largest absolute Gasteiger partial charge is 0.480 e. The Labute approximate surface area is 155 Å². The number of carbonyl (C=O) groups excluding carboxylic acids is 2. The minimum Gasteiger partial charge on any atom is -0.480 e. The standard InChI is InChI=1S/C19H19NO5S/c1-12-15(9-6-10-17(12)25-13(2)21)18(22)20-16(19(23)24)11-26-14-7-4-3-5-8-14/h3-10,16H,11H2,1-2H3,(H,20,22)(H,23,24)/t16-/m0/s1. The van der Waals surface area contributed by atoms with Crippen LogP contribution in [-0.4, -0.2) is 34.7 Å². The number of ether oxygens (including phenoxy) is 1. The molecule has 1 atom stereocenters. The molecule has 2 aromatic rings. The van der Waals surface area contributed by atoms with E-state index in [1.165, 1.54) is 18.7 Å². The van der Waals surface area contributed by atoms with E-state index in [0.717, 1.165) is 4.90 Å². The molecule has 1 amide bonds. The van der Waals surface area contributed by atoms with Gasteiger partial charge in [-0.05, 0) is 31.2 Å². The lowest BCUT2D eigenvalue weighted by Gasteiger charge is -2.16. The van der Waals surface area contributed by atoms with E-state index in [0.29, 0.717) is 5.56 Å². The van der Waals surface area contributed by atoms with Gasteiger partial charge >= 0.3 is 11.9 Å². The van der Waals surface area contributed by atoms with Crippen LogP contribution in [0.25, 0.3) is 0 Å². The summed E-state index contributed by atoms with van der Waals surface area (Å²) in [7, 11) is 0. The normalized spacial score (nSPS) is 11.5. The summed E-state index contributed by atoms with van der Waals surface area (Å²) in [5.41, 5.74) is 0.736. The Hall–Kier alpha value is -2.80. The molecule has 2 aromatic carbocycles. The fourth-order valence-corrected chi connectivity index (χ4v) is 3.17. The Balaban J connectivity index is 2.10. The number of carbonyl (C=O) groups is 3. The summed E-state index contributed by atoms with van der Waals surface area (Å²) in [6.07, 6.45) is 0. The van der Waals surface area contributed by atoms with Gasteiger partial charge in [0.2, 0.25) is 0 Å². The molecule has 0 unspecified atom stereocenters. The predicted octanol–water partition coefficient (Wildman–Crippen LogP) is 2.90.